The largest absolute Gasteiger partial charge is 0.493 e. The first-order valence-corrected chi connectivity index (χ1v) is 11.6. The smallest absolute Gasteiger partial charge is 0.282 e. The molecule has 1 heterocycles. The van der Waals surface area contributed by atoms with E-state index >= 15 is 0 Å². The zero-order valence-electron chi connectivity index (χ0n) is 20.6. The maximum Gasteiger partial charge on any atom is 0.282 e. The first-order valence-electron chi connectivity index (χ1n) is 11.6. The fourth-order valence-corrected chi connectivity index (χ4v) is 3.91. The number of nitrogens with one attached hydrogen (secondary N) is 2. The SMILES string of the molecule is C=CCc1cc(C=C2C(=O)NN(c3ccccc3)C2=O)cc(OC)c1OCC(=O)Nc1ccccc1C. The summed E-state index contributed by atoms with van der Waals surface area (Å²) in [5.41, 5.74) is 6.04. The number of nitrogens with zero attached hydrogens (tertiary/aromatic N) is 1. The fourth-order valence-electron chi connectivity index (χ4n) is 3.91. The Morgan fingerprint density at radius 1 is 1.08 bits per heavy atom. The number of aryl methyl sites for hydroxylation is 1. The molecule has 3 aromatic carbocycles. The molecule has 8 nitrogen and oxygen atoms in total. The summed E-state index contributed by atoms with van der Waals surface area (Å²) >= 11 is 0. The van der Waals surface area contributed by atoms with Crippen molar-refractivity contribution in [1.82, 2.24) is 5.43 Å². The third-order valence-electron chi connectivity index (χ3n) is 5.72. The zero-order valence-corrected chi connectivity index (χ0v) is 20.6. The summed E-state index contributed by atoms with van der Waals surface area (Å²) < 4.78 is 11.4. The van der Waals surface area contributed by atoms with E-state index in [1.165, 1.54) is 18.2 Å². The van der Waals surface area contributed by atoms with Gasteiger partial charge >= 0.3 is 0 Å². The van der Waals surface area contributed by atoms with Crippen LogP contribution in [0.4, 0.5) is 11.4 Å². The van der Waals surface area contributed by atoms with Gasteiger partial charge in [0.25, 0.3) is 17.7 Å². The standard InChI is InChI=1S/C29H27N3O5/c1-4-10-21-15-20(16-23-28(34)31-32(29(23)35)22-12-6-5-7-13-22)17-25(36-3)27(21)37-18-26(33)30-24-14-9-8-11-19(24)2/h4-9,11-17H,1,10,18H2,2-3H3,(H,30,33)(H,31,34). The number of ether oxygens (including phenoxy) is 2. The predicted molar refractivity (Wildman–Crippen MR) is 142 cm³/mol. The highest BCUT2D eigenvalue weighted by Crippen LogP contribution is 2.35. The quantitative estimate of drug-likeness (QED) is 0.262. The molecule has 1 fully saturated rings. The van der Waals surface area contributed by atoms with Gasteiger partial charge in [-0.25, -0.2) is 5.01 Å². The molecular formula is C29H27N3O5. The number of amides is 3. The summed E-state index contributed by atoms with van der Waals surface area (Å²) in [6.07, 6.45) is 3.61. The second kappa shape index (κ2) is 11.3. The number of methoxy groups -OCH3 is 1. The van der Waals surface area contributed by atoms with E-state index in [0.29, 0.717) is 40.4 Å². The van der Waals surface area contributed by atoms with Crippen LogP contribution in [0, 0.1) is 6.92 Å². The molecule has 0 aliphatic carbocycles. The van der Waals surface area contributed by atoms with Crippen LogP contribution in [0.25, 0.3) is 6.08 Å². The number of hydrazine groups is 1. The normalized spacial score (nSPS) is 13.9. The number of rotatable bonds is 9. The Hall–Kier alpha value is -4.85. The van der Waals surface area contributed by atoms with Crippen LogP contribution in [0.3, 0.4) is 0 Å². The lowest BCUT2D eigenvalue weighted by atomic mass is 10.0. The van der Waals surface area contributed by atoms with Gasteiger partial charge in [0, 0.05) is 11.3 Å². The van der Waals surface area contributed by atoms with E-state index in [4.69, 9.17) is 9.47 Å². The topological polar surface area (TPSA) is 97.0 Å². The van der Waals surface area contributed by atoms with Crippen LogP contribution in [-0.4, -0.2) is 31.4 Å². The number of hydrogen-bond donors (Lipinski definition) is 2. The average Bonchev–Trinajstić information content (AvgIpc) is 3.18. The fraction of sp³-hybridized carbons (Fsp3) is 0.138. The Balaban J connectivity index is 1.58. The van der Waals surface area contributed by atoms with Crippen molar-refractivity contribution >= 4 is 35.2 Å². The molecule has 1 aliphatic rings. The van der Waals surface area contributed by atoms with Crippen molar-refractivity contribution in [2.45, 2.75) is 13.3 Å². The number of carbonyl (C=O) groups excluding carboxylic acids is 3. The molecule has 1 aliphatic heterocycles. The lowest BCUT2D eigenvalue weighted by Crippen LogP contribution is -2.35. The van der Waals surface area contributed by atoms with E-state index in [9.17, 15) is 14.4 Å². The van der Waals surface area contributed by atoms with E-state index in [1.807, 2.05) is 37.3 Å². The van der Waals surface area contributed by atoms with Crippen LogP contribution >= 0.6 is 0 Å². The number of hydrogen-bond acceptors (Lipinski definition) is 5. The molecule has 2 N–H and O–H groups in total. The van der Waals surface area contributed by atoms with Crippen LogP contribution in [0.5, 0.6) is 11.5 Å². The van der Waals surface area contributed by atoms with Crippen LogP contribution in [0.1, 0.15) is 16.7 Å². The molecule has 0 atom stereocenters. The number of carbonyl (C=O) groups is 3. The minimum absolute atomic E-state index is 0.0123. The molecule has 0 bridgehead atoms. The summed E-state index contributed by atoms with van der Waals surface area (Å²) in [5.74, 6) is -0.542. The first kappa shape index (κ1) is 25.2. The van der Waals surface area contributed by atoms with Crippen molar-refractivity contribution in [1.29, 1.82) is 0 Å². The lowest BCUT2D eigenvalue weighted by molar-refractivity contribution is -0.118. The Kier molecular flexibility index (Phi) is 7.68. The molecule has 1 saturated heterocycles. The summed E-state index contributed by atoms with van der Waals surface area (Å²) in [6, 6.07) is 19.7. The molecule has 0 spiro atoms. The Bertz CT molecular complexity index is 1380. The van der Waals surface area contributed by atoms with Gasteiger partial charge in [-0.2, -0.15) is 0 Å². The molecular weight excluding hydrogens is 470 g/mol. The maximum atomic E-state index is 13.0. The summed E-state index contributed by atoms with van der Waals surface area (Å²) in [5, 5.41) is 4.04. The third kappa shape index (κ3) is 5.70. The van der Waals surface area contributed by atoms with Crippen molar-refractivity contribution in [3.05, 3.63) is 102 Å². The maximum absolute atomic E-state index is 13.0. The third-order valence-corrected chi connectivity index (χ3v) is 5.72. The van der Waals surface area contributed by atoms with Gasteiger partial charge in [0.15, 0.2) is 18.1 Å². The van der Waals surface area contributed by atoms with E-state index in [0.717, 1.165) is 5.56 Å². The summed E-state index contributed by atoms with van der Waals surface area (Å²) in [6.45, 7) is 5.47. The van der Waals surface area contributed by atoms with Gasteiger partial charge in [0.2, 0.25) is 0 Å². The van der Waals surface area contributed by atoms with Crippen LogP contribution < -0.4 is 25.2 Å². The molecule has 0 saturated carbocycles. The van der Waals surface area contributed by atoms with Gasteiger partial charge in [-0.3, -0.25) is 19.8 Å². The number of para-hydroxylation sites is 2. The van der Waals surface area contributed by atoms with E-state index in [2.05, 4.69) is 17.3 Å². The van der Waals surface area contributed by atoms with Gasteiger partial charge in [-0.1, -0.05) is 42.5 Å². The molecule has 0 aromatic heterocycles. The van der Waals surface area contributed by atoms with E-state index in [1.54, 1.807) is 42.5 Å². The van der Waals surface area contributed by atoms with Crippen molar-refractivity contribution in [2.75, 3.05) is 24.0 Å². The monoisotopic (exact) mass is 497 g/mol. The number of benzene rings is 3. The second-order valence-electron chi connectivity index (χ2n) is 8.33. The van der Waals surface area contributed by atoms with Crippen LogP contribution in [0.15, 0.2) is 85.0 Å². The highest BCUT2D eigenvalue weighted by Gasteiger charge is 2.34. The van der Waals surface area contributed by atoms with Gasteiger partial charge in [0.05, 0.1) is 12.8 Å². The minimum Gasteiger partial charge on any atom is -0.493 e. The van der Waals surface area contributed by atoms with Gasteiger partial charge < -0.3 is 14.8 Å². The van der Waals surface area contributed by atoms with Crippen LogP contribution in [0.2, 0.25) is 0 Å². The summed E-state index contributed by atoms with van der Waals surface area (Å²) in [4.78, 5) is 38.1. The van der Waals surface area contributed by atoms with Crippen molar-refractivity contribution < 1.29 is 23.9 Å². The molecule has 8 heteroatoms. The second-order valence-corrected chi connectivity index (χ2v) is 8.33. The molecule has 37 heavy (non-hydrogen) atoms. The molecule has 188 valence electrons. The predicted octanol–water partition coefficient (Wildman–Crippen LogP) is 4.21. The van der Waals surface area contributed by atoms with E-state index < -0.39 is 11.8 Å². The Morgan fingerprint density at radius 3 is 2.51 bits per heavy atom. The number of allylic oxidation sites excluding steroid dienone is 1. The number of anilines is 2. The Labute approximate surface area is 215 Å². The average molecular weight is 498 g/mol. The van der Waals surface area contributed by atoms with Crippen molar-refractivity contribution in [3.8, 4) is 11.5 Å². The van der Waals surface area contributed by atoms with E-state index in [-0.39, 0.29) is 18.1 Å². The molecule has 4 rings (SSSR count). The van der Waals surface area contributed by atoms with Crippen LogP contribution in [-0.2, 0) is 20.8 Å². The zero-order chi connectivity index (χ0) is 26.4. The molecule has 3 aromatic rings. The minimum atomic E-state index is -0.508. The van der Waals surface area contributed by atoms with Gasteiger partial charge in [0.1, 0.15) is 5.57 Å². The summed E-state index contributed by atoms with van der Waals surface area (Å²) in [7, 11) is 1.48. The van der Waals surface area contributed by atoms with Gasteiger partial charge in [-0.15, -0.1) is 6.58 Å². The van der Waals surface area contributed by atoms with Crippen molar-refractivity contribution in [3.63, 3.8) is 0 Å². The highest BCUT2D eigenvalue weighted by atomic mass is 16.5. The molecule has 3 amide bonds. The highest BCUT2D eigenvalue weighted by molar-refractivity contribution is 6.31. The molecule has 0 radical (unpaired) electrons. The van der Waals surface area contributed by atoms with Gasteiger partial charge in [-0.05, 0) is 60.9 Å². The first-order chi connectivity index (χ1) is 17.9. The lowest BCUT2D eigenvalue weighted by Gasteiger charge is -2.16. The molecule has 0 unspecified atom stereocenters. The Morgan fingerprint density at radius 2 is 1.81 bits per heavy atom. The van der Waals surface area contributed by atoms with Crippen molar-refractivity contribution in [2.24, 2.45) is 0 Å².